The first-order valence-corrected chi connectivity index (χ1v) is 3.97. The number of aromatic hydroxyl groups is 1. The van der Waals surface area contributed by atoms with Gasteiger partial charge in [-0.2, -0.15) is 0 Å². The summed E-state index contributed by atoms with van der Waals surface area (Å²) in [6.45, 7) is 1.61. The molecule has 0 aliphatic heterocycles. The largest absolute Gasteiger partial charge is 0.507 e. The van der Waals surface area contributed by atoms with E-state index >= 15 is 0 Å². The molecule has 0 atom stereocenters. The van der Waals surface area contributed by atoms with Crippen LogP contribution in [0.1, 0.15) is 26.3 Å². The fourth-order valence-electron chi connectivity index (χ4n) is 1.14. The second-order valence-electron chi connectivity index (χ2n) is 2.84. The number of benzene rings is 1. The molecule has 0 aliphatic carbocycles. The Morgan fingerprint density at radius 3 is 2.64 bits per heavy atom. The number of aldehydes is 1. The number of carbonyl (C=O) groups is 2. The molecule has 4 heteroatoms. The summed E-state index contributed by atoms with van der Waals surface area (Å²) in [6, 6.07) is 2.79. The SMILES string of the molecule is COC(=O)c1cc(C=O)cc(C)c1O. The van der Waals surface area contributed by atoms with Crippen LogP contribution in [0.25, 0.3) is 0 Å². The lowest BCUT2D eigenvalue weighted by molar-refractivity contribution is 0.0597. The number of hydrogen-bond donors (Lipinski definition) is 1. The highest BCUT2D eigenvalue weighted by molar-refractivity contribution is 5.95. The third-order valence-electron chi connectivity index (χ3n) is 1.86. The van der Waals surface area contributed by atoms with Crippen LogP contribution in [0.15, 0.2) is 12.1 Å². The van der Waals surface area contributed by atoms with Crippen molar-refractivity contribution in [2.75, 3.05) is 7.11 Å². The highest BCUT2D eigenvalue weighted by Gasteiger charge is 2.14. The van der Waals surface area contributed by atoms with Crippen LogP contribution in [0.3, 0.4) is 0 Å². The van der Waals surface area contributed by atoms with E-state index in [1.54, 1.807) is 6.92 Å². The molecule has 0 aromatic heterocycles. The van der Waals surface area contributed by atoms with Gasteiger partial charge >= 0.3 is 5.97 Å². The normalized spacial score (nSPS) is 9.57. The number of carbonyl (C=O) groups excluding carboxylic acids is 2. The smallest absolute Gasteiger partial charge is 0.341 e. The lowest BCUT2D eigenvalue weighted by atomic mass is 10.1. The van der Waals surface area contributed by atoms with Gasteiger partial charge in [-0.3, -0.25) is 4.79 Å². The molecule has 0 saturated carbocycles. The number of aryl methyl sites for hydroxylation is 1. The highest BCUT2D eigenvalue weighted by Crippen LogP contribution is 2.23. The van der Waals surface area contributed by atoms with E-state index in [4.69, 9.17) is 0 Å². The number of rotatable bonds is 2. The molecule has 0 fully saturated rings. The minimum Gasteiger partial charge on any atom is -0.507 e. The Bertz CT molecular complexity index is 382. The van der Waals surface area contributed by atoms with Crippen molar-refractivity contribution in [1.82, 2.24) is 0 Å². The van der Waals surface area contributed by atoms with Gasteiger partial charge in [-0.05, 0) is 24.6 Å². The van der Waals surface area contributed by atoms with Gasteiger partial charge in [0, 0.05) is 5.56 Å². The van der Waals surface area contributed by atoms with Crippen LogP contribution in [-0.2, 0) is 4.74 Å². The zero-order chi connectivity index (χ0) is 10.7. The molecule has 1 N–H and O–H groups in total. The Balaban J connectivity index is 3.33. The second kappa shape index (κ2) is 3.91. The molecule has 0 unspecified atom stereocenters. The zero-order valence-corrected chi connectivity index (χ0v) is 7.90. The maximum atomic E-state index is 11.2. The fourth-order valence-corrected chi connectivity index (χ4v) is 1.14. The maximum absolute atomic E-state index is 11.2. The number of esters is 1. The van der Waals surface area contributed by atoms with Crippen LogP contribution in [0, 0.1) is 6.92 Å². The fraction of sp³-hybridized carbons (Fsp3) is 0.200. The topological polar surface area (TPSA) is 63.6 Å². The summed E-state index contributed by atoms with van der Waals surface area (Å²) in [7, 11) is 1.21. The summed E-state index contributed by atoms with van der Waals surface area (Å²) >= 11 is 0. The lowest BCUT2D eigenvalue weighted by Crippen LogP contribution is -2.03. The number of phenolic OH excluding ortho intramolecular Hbond substituents is 1. The standard InChI is InChI=1S/C10H10O4/c1-6-3-7(5-11)4-8(9(6)12)10(13)14-2/h3-5,12H,1-2H3. The van der Waals surface area contributed by atoms with Crippen molar-refractivity contribution in [3.8, 4) is 5.75 Å². The van der Waals surface area contributed by atoms with E-state index in [0.717, 1.165) is 0 Å². The van der Waals surface area contributed by atoms with Gasteiger partial charge in [0.1, 0.15) is 17.6 Å². The van der Waals surface area contributed by atoms with Crippen LogP contribution in [0.5, 0.6) is 5.75 Å². The van der Waals surface area contributed by atoms with Gasteiger partial charge in [-0.1, -0.05) is 0 Å². The van der Waals surface area contributed by atoms with Gasteiger partial charge in [-0.25, -0.2) is 4.79 Å². The Kier molecular flexibility index (Phi) is 2.86. The van der Waals surface area contributed by atoms with E-state index in [2.05, 4.69) is 4.74 Å². The first-order valence-electron chi connectivity index (χ1n) is 3.97. The maximum Gasteiger partial charge on any atom is 0.341 e. The van der Waals surface area contributed by atoms with E-state index in [0.29, 0.717) is 17.4 Å². The molecular formula is C10H10O4. The quantitative estimate of drug-likeness (QED) is 0.569. The molecule has 0 radical (unpaired) electrons. The van der Waals surface area contributed by atoms with E-state index in [1.165, 1.54) is 19.2 Å². The highest BCUT2D eigenvalue weighted by atomic mass is 16.5. The molecule has 4 nitrogen and oxygen atoms in total. The first kappa shape index (κ1) is 10.2. The van der Waals surface area contributed by atoms with Crippen molar-refractivity contribution in [3.05, 3.63) is 28.8 Å². The van der Waals surface area contributed by atoms with E-state index in [-0.39, 0.29) is 11.3 Å². The average molecular weight is 194 g/mol. The van der Waals surface area contributed by atoms with Gasteiger partial charge in [0.05, 0.1) is 7.11 Å². The van der Waals surface area contributed by atoms with Crippen LogP contribution < -0.4 is 0 Å². The molecule has 14 heavy (non-hydrogen) atoms. The van der Waals surface area contributed by atoms with E-state index in [1.807, 2.05) is 0 Å². The Morgan fingerprint density at radius 2 is 2.14 bits per heavy atom. The van der Waals surface area contributed by atoms with Gasteiger partial charge in [0.15, 0.2) is 0 Å². The molecule has 0 heterocycles. The van der Waals surface area contributed by atoms with Crippen LogP contribution in [0.4, 0.5) is 0 Å². The number of ether oxygens (including phenoxy) is 1. The minimum atomic E-state index is -0.658. The summed E-state index contributed by atoms with van der Waals surface area (Å²) < 4.78 is 4.46. The number of hydrogen-bond acceptors (Lipinski definition) is 4. The van der Waals surface area contributed by atoms with E-state index in [9.17, 15) is 14.7 Å². The summed E-state index contributed by atoms with van der Waals surface area (Å²) in [5.74, 6) is -0.809. The molecule has 0 aliphatic rings. The van der Waals surface area contributed by atoms with Crippen LogP contribution in [-0.4, -0.2) is 24.5 Å². The predicted octanol–water partition coefficient (Wildman–Crippen LogP) is 1.30. The molecular weight excluding hydrogens is 184 g/mol. The van der Waals surface area contributed by atoms with Gasteiger partial charge in [-0.15, -0.1) is 0 Å². The lowest BCUT2D eigenvalue weighted by Gasteiger charge is -2.05. The monoisotopic (exact) mass is 194 g/mol. The van der Waals surface area contributed by atoms with Crippen LogP contribution >= 0.6 is 0 Å². The Morgan fingerprint density at radius 1 is 1.50 bits per heavy atom. The summed E-state index contributed by atoms with van der Waals surface area (Å²) in [5, 5.41) is 9.50. The Labute approximate surface area is 81.1 Å². The average Bonchev–Trinajstić information content (AvgIpc) is 2.20. The molecule has 0 saturated heterocycles. The molecule has 74 valence electrons. The molecule has 0 bridgehead atoms. The molecule has 0 amide bonds. The number of methoxy groups -OCH3 is 1. The molecule has 0 spiro atoms. The summed E-state index contributed by atoms with van der Waals surface area (Å²) in [6.07, 6.45) is 0.610. The third kappa shape index (κ3) is 1.74. The molecule has 1 aromatic rings. The van der Waals surface area contributed by atoms with Gasteiger partial charge in [0.25, 0.3) is 0 Å². The molecule has 1 aromatic carbocycles. The number of phenols is 1. The van der Waals surface area contributed by atoms with Crippen molar-refractivity contribution in [2.45, 2.75) is 6.92 Å². The molecule has 1 rings (SSSR count). The van der Waals surface area contributed by atoms with Crippen molar-refractivity contribution in [1.29, 1.82) is 0 Å². The van der Waals surface area contributed by atoms with Gasteiger partial charge in [0.2, 0.25) is 0 Å². The van der Waals surface area contributed by atoms with Crippen molar-refractivity contribution in [3.63, 3.8) is 0 Å². The second-order valence-corrected chi connectivity index (χ2v) is 2.84. The zero-order valence-electron chi connectivity index (χ0n) is 7.90. The first-order chi connectivity index (χ1) is 6.60. The van der Waals surface area contributed by atoms with Crippen LogP contribution in [0.2, 0.25) is 0 Å². The van der Waals surface area contributed by atoms with Crippen molar-refractivity contribution >= 4 is 12.3 Å². The third-order valence-corrected chi connectivity index (χ3v) is 1.86. The Hall–Kier alpha value is -1.84. The van der Waals surface area contributed by atoms with Crippen molar-refractivity contribution in [2.24, 2.45) is 0 Å². The van der Waals surface area contributed by atoms with Gasteiger partial charge < -0.3 is 9.84 Å². The predicted molar refractivity (Wildman–Crippen MR) is 49.6 cm³/mol. The van der Waals surface area contributed by atoms with E-state index < -0.39 is 5.97 Å². The minimum absolute atomic E-state index is 0.00889. The summed E-state index contributed by atoms with van der Waals surface area (Å²) in [5.41, 5.74) is 0.810. The summed E-state index contributed by atoms with van der Waals surface area (Å²) in [4.78, 5) is 21.7. The van der Waals surface area contributed by atoms with Crippen molar-refractivity contribution < 1.29 is 19.4 Å².